The summed E-state index contributed by atoms with van der Waals surface area (Å²) in [5.74, 6) is -1.00. The van der Waals surface area contributed by atoms with Crippen molar-refractivity contribution in [3.05, 3.63) is 58.7 Å². The Morgan fingerprint density at radius 2 is 1.88 bits per heavy atom. The van der Waals surface area contributed by atoms with Crippen LogP contribution in [0.1, 0.15) is 40.9 Å². The van der Waals surface area contributed by atoms with E-state index in [4.69, 9.17) is 0 Å². The fraction of sp³-hybridized carbons (Fsp3) is 0.333. The molecule has 1 aromatic carbocycles. The van der Waals surface area contributed by atoms with Gasteiger partial charge in [0.1, 0.15) is 5.82 Å². The summed E-state index contributed by atoms with van der Waals surface area (Å²) in [5, 5.41) is 0. The van der Waals surface area contributed by atoms with Crippen molar-refractivity contribution in [2.45, 2.75) is 33.4 Å². The summed E-state index contributed by atoms with van der Waals surface area (Å²) in [5.41, 5.74) is -0.180. The van der Waals surface area contributed by atoms with Crippen LogP contribution in [0.5, 0.6) is 0 Å². The molecule has 3 rings (SSSR count). The van der Waals surface area contributed by atoms with E-state index in [1.165, 1.54) is 19.1 Å². The lowest BCUT2D eigenvalue weighted by atomic mass is 9.96. The second-order valence-corrected chi connectivity index (χ2v) is 5.36. The summed E-state index contributed by atoms with van der Waals surface area (Å²) in [6.45, 7) is 5.55. The first-order valence-corrected chi connectivity index (χ1v) is 7.91. The standard InChI is InChI=1S/C16H12F4N2O.C2H6/c1-9-6-11-10(7-13(9)17)3-5-22(15(11)23)14-8-21-4-2-12(14)16(18,19)20;1-2/h2,4,6-8H,3,5H2,1H3;1-2H3. The van der Waals surface area contributed by atoms with E-state index < -0.39 is 23.5 Å². The third kappa shape index (κ3) is 3.65. The smallest absolute Gasteiger partial charge is 0.306 e. The Morgan fingerprint density at radius 1 is 1.20 bits per heavy atom. The Morgan fingerprint density at radius 3 is 2.52 bits per heavy atom. The number of amides is 1. The van der Waals surface area contributed by atoms with Crippen molar-refractivity contribution in [2.75, 3.05) is 11.4 Å². The van der Waals surface area contributed by atoms with Gasteiger partial charge in [-0.15, -0.1) is 0 Å². The van der Waals surface area contributed by atoms with Crippen molar-refractivity contribution in [3.8, 4) is 0 Å². The summed E-state index contributed by atoms with van der Waals surface area (Å²) in [6, 6.07) is 3.49. The number of hydrogen-bond acceptors (Lipinski definition) is 2. The average molecular weight is 354 g/mol. The van der Waals surface area contributed by atoms with Gasteiger partial charge >= 0.3 is 6.18 Å². The number of alkyl halides is 3. The maximum absolute atomic E-state index is 13.6. The molecule has 0 aliphatic carbocycles. The van der Waals surface area contributed by atoms with Crippen molar-refractivity contribution in [2.24, 2.45) is 0 Å². The van der Waals surface area contributed by atoms with Crippen LogP contribution in [-0.4, -0.2) is 17.4 Å². The van der Waals surface area contributed by atoms with Gasteiger partial charge < -0.3 is 4.90 Å². The van der Waals surface area contributed by atoms with E-state index in [1.807, 2.05) is 13.8 Å². The second kappa shape index (κ2) is 7.21. The molecule has 1 aromatic heterocycles. The van der Waals surface area contributed by atoms with E-state index in [0.29, 0.717) is 5.56 Å². The number of aryl methyl sites for hydroxylation is 1. The van der Waals surface area contributed by atoms with Gasteiger partial charge in [0.05, 0.1) is 17.4 Å². The number of nitrogens with zero attached hydrogens (tertiary/aromatic N) is 2. The minimum Gasteiger partial charge on any atom is -0.306 e. The molecule has 25 heavy (non-hydrogen) atoms. The fourth-order valence-electron chi connectivity index (χ4n) is 2.68. The molecule has 0 radical (unpaired) electrons. The molecule has 2 aromatic rings. The number of carbonyl (C=O) groups excluding carboxylic acids is 1. The molecule has 0 saturated carbocycles. The minimum atomic E-state index is -4.59. The molecule has 0 bridgehead atoms. The van der Waals surface area contributed by atoms with Crippen molar-refractivity contribution in [1.82, 2.24) is 4.98 Å². The molecule has 0 N–H and O–H groups in total. The Bertz CT molecular complexity index is 787. The molecular weight excluding hydrogens is 336 g/mol. The van der Waals surface area contributed by atoms with Gasteiger partial charge in [0.25, 0.3) is 5.91 Å². The molecule has 0 spiro atoms. The summed E-state index contributed by atoms with van der Waals surface area (Å²) in [7, 11) is 0. The number of aromatic nitrogens is 1. The number of halogens is 4. The molecule has 134 valence electrons. The minimum absolute atomic E-state index is 0.0447. The van der Waals surface area contributed by atoms with Crippen LogP contribution in [-0.2, 0) is 12.6 Å². The molecule has 1 aliphatic heterocycles. The van der Waals surface area contributed by atoms with E-state index >= 15 is 0 Å². The number of rotatable bonds is 1. The van der Waals surface area contributed by atoms with Crippen LogP contribution in [0.4, 0.5) is 23.2 Å². The number of anilines is 1. The van der Waals surface area contributed by atoms with Crippen LogP contribution < -0.4 is 4.90 Å². The third-order valence-electron chi connectivity index (χ3n) is 3.86. The zero-order chi connectivity index (χ0) is 18.8. The molecular formula is C18H18F4N2O. The summed E-state index contributed by atoms with van der Waals surface area (Å²) in [4.78, 5) is 17.3. The van der Waals surface area contributed by atoms with Gasteiger partial charge in [0.15, 0.2) is 0 Å². The number of carbonyl (C=O) groups is 1. The molecule has 3 nitrogen and oxygen atoms in total. The average Bonchev–Trinajstić information content (AvgIpc) is 2.58. The Balaban J connectivity index is 0.00000109. The zero-order valence-electron chi connectivity index (χ0n) is 14.1. The molecule has 0 unspecified atom stereocenters. The summed E-state index contributed by atoms with van der Waals surface area (Å²) >= 11 is 0. The van der Waals surface area contributed by atoms with Crippen molar-refractivity contribution in [1.29, 1.82) is 0 Å². The van der Waals surface area contributed by atoms with Crippen molar-refractivity contribution in [3.63, 3.8) is 0 Å². The molecule has 1 aliphatic rings. The quantitative estimate of drug-likeness (QED) is 0.691. The number of fused-ring (bicyclic) bond motifs is 1. The lowest BCUT2D eigenvalue weighted by Crippen LogP contribution is -2.39. The van der Waals surface area contributed by atoms with Crippen LogP contribution in [0.15, 0.2) is 30.6 Å². The van der Waals surface area contributed by atoms with Crippen molar-refractivity contribution < 1.29 is 22.4 Å². The van der Waals surface area contributed by atoms with Crippen LogP contribution in [0, 0.1) is 12.7 Å². The Kier molecular flexibility index (Phi) is 5.45. The molecule has 0 saturated heterocycles. The molecule has 0 atom stereocenters. The SMILES string of the molecule is CC.Cc1cc2c(cc1F)CCN(c1cnccc1C(F)(F)F)C2=O. The van der Waals surface area contributed by atoms with Crippen LogP contribution in [0.25, 0.3) is 0 Å². The zero-order valence-corrected chi connectivity index (χ0v) is 14.1. The first kappa shape index (κ1) is 18.9. The fourth-order valence-corrected chi connectivity index (χ4v) is 2.68. The maximum Gasteiger partial charge on any atom is 0.418 e. The third-order valence-corrected chi connectivity index (χ3v) is 3.86. The first-order chi connectivity index (χ1) is 11.8. The largest absolute Gasteiger partial charge is 0.418 e. The monoisotopic (exact) mass is 354 g/mol. The van der Waals surface area contributed by atoms with Crippen molar-refractivity contribution >= 4 is 11.6 Å². The van der Waals surface area contributed by atoms with E-state index in [1.54, 1.807) is 0 Å². The highest BCUT2D eigenvalue weighted by atomic mass is 19.4. The van der Waals surface area contributed by atoms with Gasteiger partial charge in [-0.3, -0.25) is 9.78 Å². The normalized spacial score (nSPS) is 13.9. The molecule has 7 heteroatoms. The molecule has 0 fully saturated rings. The first-order valence-electron chi connectivity index (χ1n) is 7.91. The van der Waals surface area contributed by atoms with Crippen LogP contribution >= 0.6 is 0 Å². The molecule has 1 amide bonds. The van der Waals surface area contributed by atoms with Gasteiger partial charge in [-0.2, -0.15) is 13.2 Å². The van der Waals surface area contributed by atoms with Gasteiger partial charge in [0, 0.05) is 18.3 Å². The Labute approximate surface area is 143 Å². The van der Waals surface area contributed by atoms with E-state index in [2.05, 4.69) is 4.98 Å². The van der Waals surface area contributed by atoms with E-state index in [9.17, 15) is 22.4 Å². The van der Waals surface area contributed by atoms with E-state index in [-0.39, 0.29) is 29.8 Å². The topological polar surface area (TPSA) is 33.2 Å². The highest BCUT2D eigenvalue weighted by Crippen LogP contribution is 2.37. The number of pyridine rings is 1. The Hall–Kier alpha value is -2.44. The number of benzene rings is 1. The number of hydrogen-bond donors (Lipinski definition) is 0. The predicted molar refractivity (Wildman–Crippen MR) is 87.1 cm³/mol. The van der Waals surface area contributed by atoms with Crippen LogP contribution in [0.2, 0.25) is 0 Å². The van der Waals surface area contributed by atoms with E-state index in [0.717, 1.165) is 23.4 Å². The van der Waals surface area contributed by atoms with Gasteiger partial charge in [-0.25, -0.2) is 4.39 Å². The predicted octanol–water partition coefficient (Wildman–Crippen LogP) is 4.78. The molecule has 2 heterocycles. The van der Waals surface area contributed by atoms with Gasteiger partial charge in [-0.05, 0) is 42.7 Å². The van der Waals surface area contributed by atoms with Gasteiger partial charge in [0.2, 0.25) is 0 Å². The lowest BCUT2D eigenvalue weighted by molar-refractivity contribution is -0.137. The van der Waals surface area contributed by atoms with Crippen LogP contribution in [0.3, 0.4) is 0 Å². The summed E-state index contributed by atoms with van der Waals surface area (Å²) in [6.07, 6.45) is -2.24. The highest BCUT2D eigenvalue weighted by molar-refractivity contribution is 6.08. The highest BCUT2D eigenvalue weighted by Gasteiger charge is 2.37. The second-order valence-electron chi connectivity index (χ2n) is 5.36. The summed E-state index contributed by atoms with van der Waals surface area (Å²) < 4.78 is 53.0. The van der Waals surface area contributed by atoms with Gasteiger partial charge in [-0.1, -0.05) is 13.8 Å². The lowest BCUT2D eigenvalue weighted by Gasteiger charge is -2.30. The maximum atomic E-state index is 13.6.